The molecular formula is C26H26N2O4. The summed E-state index contributed by atoms with van der Waals surface area (Å²) in [4.78, 5) is 25.8. The van der Waals surface area contributed by atoms with Gasteiger partial charge >= 0.3 is 0 Å². The summed E-state index contributed by atoms with van der Waals surface area (Å²) in [5.41, 5.74) is 2.94. The van der Waals surface area contributed by atoms with E-state index < -0.39 is 5.91 Å². The lowest BCUT2D eigenvalue weighted by Crippen LogP contribution is -2.30. The summed E-state index contributed by atoms with van der Waals surface area (Å²) in [5.74, 6) is 0.320. The fraction of sp³-hybridized carbons (Fsp3) is 0.154. The summed E-state index contributed by atoms with van der Waals surface area (Å²) >= 11 is 0. The van der Waals surface area contributed by atoms with Crippen LogP contribution >= 0.6 is 0 Å². The third-order valence-corrected chi connectivity index (χ3v) is 4.64. The van der Waals surface area contributed by atoms with Gasteiger partial charge in [-0.15, -0.1) is 0 Å². The minimum atomic E-state index is -0.438. The molecule has 0 heterocycles. The van der Waals surface area contributed by atoms with Crippen LogP contribution in [0.2, 0.25) is 0 Å². The topological polar surface area (TPSA) is 76.7 Å². The van der Waals surface area contributed by atoms with Crippen molar-refractivity contribution in [3.05, 3.63) is 95.2 Å². The number of methoxy groups -OCH3 is 1. The van der Waals surface area contributed by atoms with Gasteiger partial charge in [0.1, 0.15) is 5.70 Å². The molecule has 6 heteroatoms. The zero-order valence-corrected chi connectivity index (χ0v) is 18.3. The maximum atomic E-state index is 13.1. The number of carbonyl (C=O) groups is 2. The van der Waals surface area contributed by atoms with Crippen molar-refractivity contribution in [1.82, 2.24) is 5.32 Å². The quantitative estimate of drug-likeness (QED) is 0.503. The van der Waals surface area contributed by atoms with E-state index in [1.807, 2.05) is 44.2 Å². The first-order valence-electron chi connectivity index (χ1n) is 10.3. The molecule has 6 nitrogen and oxygen atoms in total. The van der Waals surface area contributed by atoms with Gasteiger partial charge in [-0.25, -0.2) is 0 Å². The maximum absolute atomic E-state index is 13.1. The van der Waals surface area contributed by atoms with E-state index in [-0.39, 0.29) is 11.6 Å². The highest BCUT2D eigenvalue weighted by Gasteiger charge is 2.16. The average Bonchev–Trinajstić information content (AvgIpc) is 2.81. The predicted molar refractivity (Wildman–Crippen MR) is 126 cm³/mol. The van der Waals surface area contributed by atoms with Crippen LogP contribution in [0.5, 0.6) is 11.5 Å². The second-order valence-electron chi connectivity index (χ2n) is 7.04. The Balaban J connectivity index is 1.93. The van der Waals surface area contributed by atoms with Crippen molar-refractivity contribution in [3.63, 3.8) is 0 Å². The van der Waals surface area contributed by atoms with Crippen LogP contribution in [-0.2, 0) is 4.79 Å². The Labute approximate surface area is 187 Å². The highest BCUT2D eigenvalue weighted by atomic mass is 16.5. The number of rotatable bonds is 8. The molecule has 3 rings (SSSR count). The van der Waals surface area contributed by atoms with E-state index in [1.54, 1.807) is 55.7 Å². The summed E-state index contributed by atoms with van der Waals surface area (Å²) < 4.78 is 10.9. The third-order valence-electron chi connectivity index (χ3n) is 4.64. The molecule has 32 heavy (non-hydrogen) atoms. The summed E-state index contributed by atoms with van der Waals surface area (Å²) in [7, 11) is 1.56. The van der Waals surface area contributed by atoms with Crippen LogP contribution in [0, 0.1) is 6.92 Å². The van der Waals surface area contributed by atoms with Crippen LogP contribution in [0.4, 0.5) is 5.69 Å². The van der Waals surface area contributed by atoms with E-state index in [0.717, 1.165) is 5.56 Å². The van der Waals surface area contributed by atoms with Gasteiger partial charge in [-0.1, -0.05) is 42.0 Å². The Bertz CT molecular complexity index is 1110. The molecule has 164 valence electrons. The van der Waals surface area contributed by atoms with E-state index in [4.69, 9.17) is 9.47 Å². The number of anilines is 1. The van der Waals surface area contributed by atoms with Gasteiger partial charge in [-0.05, 0) is 61.9 Å². The van der Waals surface area contributed by atoms with Gasteiger partial charge in [0, 0.05) is 11.3 Å². The fourth-order valence-corrected chi connectivity index (χ4v) is 3.00. The number of benzene rings is 3. The Kier molecular flexibility index (Phi) is 7.65. The Morgan fingerprint density at radius 2 is 1.66 bits per heavy atom. The lowest BCUT2D eigenvalue weighted by molar-refractivity contribution is -0.113. The van der Waals surface area contributed by atoms with Crippen molar-refractivity contribution in [2.75, 3.05) is 19.0 Å². The van der Waals surface area contributed by atoms with E-state index in [0.29, 0.717) is 34.9 Å². The standard InChI is InChI=1S/C26H26N2O4/c1-4-32-24-17-19(12-15-23(24)31-3)16-22(28-25(29)20-8-6-5-7-9-20)26(30)27-21-13-10-18(2)11-14-21/h5-17H,4H2,1-3H3,(H,27,30)(H,28,29). The lowest BCUT2D eigenvalue weighted by atomic mass is 10.1. The first-order valence-corrected chi connectivity index (χ1v) is 10.3. The second kappa shape index (κ2) is 10.8. The summed E-state index contributed by atoms with van der Waals surface area (Å²) in [6.07, 6.45) is 1.60. The monoisotopic (exact) mass is 430 g/mol. The molecule has 2 amide bonds. The van der Waals surface area contributed by atoms with Crippen LogP contribution in [0.3, 0.4) is 0 Å². The van der Waals surface area contributed by atoms with Gasteiger partial charge in [-0.3, -0.25) is 9.59 Å². The van der Waals surface area contributed by atoms with E-state index in [1.165, 1.54) is 0 Å². The summed E-state index contributed by atoms with van der Waals surface area (Å²) in [5, 5.41) is 5.56. The van der Waals surface area contributed by atoms with Crippen molar-refractivity contribution in [2.24, 2.45) is 0 Å². The minimum Gasteiger partial charge on any atom is -0.493 e. The van der Waals surface area contributed by atoms with Gasteiger partial charge in [0.05, 0.1) is 13.7 Å². The smallest absolute Gasteiger partial charge is 0.272 e. The van der Waals surface area contributed by atoms with E-state index in [9.17, 15) is 9.59 Å². The molecule has 0 bridgehead atoms. The highest BCUT2D eigenvalue weighted by molar-refractivity contribution is 6.10. The molecule has 0 saturated heterocycles. The molecule has 3 aromatic carbocycles. The van der Waals surface area contributed by atoms with Crippen molar-refractivity contribution >= 4 is 23.6 Å². The average molecular weight is 431 g/mol. The number of amides is 2. The number of ether oxygens (including phenoxy) is 2. The van der Waals surface area contributed by atoms with Crippen molar-refractivity contribution < 1.29 is 19.1 Å². The molecule has 0 aliphatic rings. The van der Waals surface area contributed by atoms with E-state index in [2.05, 4.69) is 10.6 Å². The van der Waals surface area contributed by atoms with Gasteiger partial charge in [-0.2, -0.15) is 0 Å². The number of aryl methyl sites for hydroxylation is 1. The van der Waals surface area contributed by atoms with Gasteiger partial charge in [0.15, 0.2) is 11.5 Å². The number of hydrogen-bond acceptors (Lipinski definition) is 4. The van der Waals surface area contributed by atoms with Crippen LogP contribution < -0.4 is 20.1 Å². The highest BCUT2D eigenvalue weighted by Crippen LogP contribution is 2.29. The summed E-state index contributed by atoms with van der Waals surface area (Å²) in [6.45, 7) is 4.31. The molecule has 0 aliphatic heterocycles. The molecule has 3 aromatic rings. The molecule has 0 fully saturated rings. The fourth-order valence-electron chi connectivity index (χ4n) is 3.00. The molecule has 0 aromatic heterocycles. The number of hydrogen-bond donors (Lipinski definition) is 2. The van der Waals surface area contributed by atoms with Gasteiger partial charge in [0.25, 0.3) is 11.8 Å². The first kappa shape index (κ1) is 22.6. The van der Waals surface area contributed by atoms with Crippen molar-refractivity contribution in [2.45, 2.75) is 13.8 Å². The molecule has 2 N–H and O–H groups in total. The molecule has 0 radical (unpaired) electrons. The Morgan fingerprint density at radius 1 is 0.938 bits per heavy atom. The minimum absolute atomic E-state index is 0.104. The van der Waals surface area contributed by atoms with Crippen molar-refractivity contribution in [3.8, 4) is 11.5 Å². The molecule has 0 spiro atoms. The van der Waals surface area contributed by atoms with Crippen LogP contribution in [0.1, 0.15) is 28.4 Å². The molecule has 0 aliphatic carbocycles. The molecule has 0 atom stereocenters. The summed E-state index contributed by atoms with van der Waals surface area (Å²) in [6, 6.07) is 21.5. The number of nitrogens with one attached hydrogen (secondary N) is 2. The Hall–Kier alpha value is -4.06. The molecular weight excluding hydrogens is 404 g/mol. The largest absolute Gasteiger partial charge is 0.493 e. The SMILES string of the molecule is CCOc1cc(C=C(NC(=O)c2ccccc2)C(=O)Nc2ccc(C)cc2)ccc1OC. The van der Waals surface area contributed by atoms with Crippen LogP contribution in [0.25, 0.3) is 6.08 Å². The van der Waals surface area contributed by atoms with Crippen LogP contribution in [0.15, 0.2) is 78.5 Å². The first-order chi connectivity index (χ1) is 15.5. The van der Waals surface area contributed by atoms with E-state index >= 15 is 0 Å². The maximum Gasteiger partial charge on any atom is 0.272 e. The Morgan fingerprint density at radius 3 is 2.31 bits per heavy atom. The van der Waals surface area contributed by atoms with Gasteiger partial charge < -0.3 is 20.1 Å². The molecule has 0 saturated carbocycles. The number of carbonyl (C=O) groups excluding carboxylic acids is 2. The zero-order chi connectivity index (χ0) is 22.9. The normalized spacial score (nSPS) is 10.9. The van der Waals surface area contributed by atoms with Crippen LogP contribution in [-0.4, -0.2) is 25.5 Å². The lowest BCUT2D eigenvalue weighted by Gasteiger charge is -2.13. The van der Waals surface area contributed by atoms with Gasteiger partial charge in [0.2, 0.25) is 0 Å². The zero-order valence-electron chi connectivity index (χ0n) is 18.3. The van der Waals surface area contributed by atoms with Crippen molar-refractivity contribution in [1.29, 1.82) is 0 Å². The second-order valence-corrected chi connectivity index (χ2v) is 7.04. The molecule has 0 unspecified atom stereocenters. The third kappa shape index (κ3) is 5.98. The predicted octanol–water partition coefficient (Wildman–Crippen LogP) is 4.81.